The first-order valence-corrected chi connectivity index (χ1v) is 6.71. The maximum atomic E-state index is 6.18. The van der Waals surface area contributed by atoms with E-state index in [2.05, 4.69) is 38.0 Å². The maximum absolute atomic E-state index is 6.18. The van der Waals surface area contributed by atoms with Gasteiger partial charge in [-0.2, -0.15) is 0 Å². The fourth-order valence-corrected chi connectivity index (χ4v) is 2.37. The summed E-state index contributed by atoms with van der Waals surface area (Å²) in [5, 5.41) is 4.63. The van der Waals surface area contributed by atoms with Crippen molar-refractivity contribution in [3.8, 4) is 0 Å². The smallest absolute Gasteiger partial charge is 0.157 e. The third-order valence-electron chi connectivity index (χ3n) is 2.54. The van der Waals surface area contributed by atoms with Crippen LogP contribution in [0, 0.1) is 0 Å². The van der Waals surface area contributed by atoms with Gasteiger partial charge in [0.25, 0.3) is 0 Å². The number of imidazole rings is 1. The Balaban J connectivity index is 2.68. The molecular formula is C13H17Cl2N3. The predicted octanol–water partition coefficient (Wildman–Crippen LogP) is 4.41. The number of pyridine rings is 1. The zero-order chi connectivity index (χ0) is 13.5. The summed E-state index contributed by atoms with van der Waals surface area (Å²) in [6.07, 6.45) is 2.68. The third-order valence-corrected chi connectivity index (χ3v) is 3.03. The summed E-state index contributed by atoms with van der Waals surface area (Å²) in [5.41, 5.74) is 1.69. The summed E-state index contributed by atoms with van der Waals surface area (Å²) in [4.78, 5) is 4.57. The molecule has 18 heavy (non-hydrogen) atoms. The second-order valence-corrected chi connectivity index (χ2v) is 6.18. The van der Waals surface area contributed by atoms with Crippen molar-refractivity contribution in [3.63, 3.8) is 0 Å². The summed E-state index contributed by atoms with van der Waals surface area (Å²) in [7, 11) is 0. The lowest BCUT2D eigenvalue weighted by Crippen LogP contribution is -2.27. The SMILES string of the molecule is CCc1nc2c(Cl)cc(Cl)cn2c1NC(C)(C)C. The van der Waals surface area contributed by atoms with Crippen LogP contribution < -0.4 is 5.32 Å². The molecule has 0 unspecified atom stereocenters. The molecule has 0 spiro atoms. The van der Waals surface area contributed by atoms with Gasteiger partial charge in [-0.15, -0.1) is 0 Å². The van der Waals surface area contributed by atoms with Gasteiger partial charge in [0, 0.05) is 11.7 Å². The largest absolute Gasteiger partial charge is 0.365 e. The zero-order valence-corrected chi connectivity index (χ0v) is 12.5. The van der Waals surface area contributed by atoms with E-state index in [1.54, 1.807) is 6.07 Å². The highest BCUT2D eigenvalue weighted by Crippen LogP contribution is 2.28. The number of rotatable bonds is 2. The lowest BCUT2D eigenvalue weighted by molar-refractivity contribution is 0.628. The molecule has 0 bridgehead atoms. The second-order valence-electron chi connectivity index (χ2n) is 5.34. The van der Waals surface area contributed by atoms with Crippen molar-refractivity contribution in [2.24, 2.45) is 0 Å². The standard InChI is InChI=1S/C13H17Cl2N3/c1-5-10-12(17-13(2,3)4)18-7-8(14)6-9(15)11(18)16-10/h6-7,17H,5H2,1-4H3. The van der Waals surface area contributed by atoms with Gasteiger partial charge in [0.1, 0.15) is 5.82 Å². The molecule has 2 aromatic heterocycles. The van der Waals surface area contributed by atoms with Gasteiger partial charge in [0.2, 0.25) is 0 Å². The molecule has 0 aromatic carbocycles. The molecule has 0 radical (unpaired) electrons. The van der Waals surface area contributed by atoms with Crippen LogP contribution >= 0.6 is 23.2 Å². The molecule has 0 fully saturated rings. The number of nitrogens with one attached hydrogen (secondary N) is 1. The van der Waals surface area contributed by atoms with E-state index in [9.17, 15) is 0 Å². The van der Waals surface area contributed by atoms with Gasteiger partial charge >= 0.3 is 0 Å². The Labute approximate surface area is 117 Å². The molecule has 98 valence electrons. The van der Waals surface area contributed by atoms with Crippen LogP contribution in [0.1, 0.15) is 33.4 Å². The highest BCUT2D eigenvalue weighted by molar-refractivity contribution is 6.36. The minimum absolute atomic E-state index is 0.0469. The van der Waals surface area contributed by atoms with Crippen LogP contribution in [0.3, 0.4) is 0 Å². The number of halogens is 2. The van der Waals surface area contributed by atoms with Crippen molar-refractivity contribution in [1.82, 2.24) is 9.38 Å². The van der Waals surface area contributed by atoms with Crippen molar-refractivity contribution in [2.75, 3.05) is 5.32 Å². The fraction of sp³-hybridized carbons (Fsp3) is 0.462. The molecule has 0 aliphatic rings. The lowest BCUT2D eigenvalue weighted by atomic mass is 10.1. The Kier molecular flexibility index (Phi) is 3.47. The molecule has 2 heterocycles. The van der Waals surface area contributed by atoms with Crippen LogP contribution in [-0.4, -0.2) is 14.9 Å². The Morgan fingerprint density at radius 2 is 2.00 bits per heavy atom. The van der Waals surface area contributed by atoms with Gasteiger partial charge in [-0.05, 0) is 33.3 Å². The summed E-state index contributed by atoms with van der Waals surface area (Å²) in [6.45, 7) is 8.40. The van der Waals surface area contributed by atoms with Gasteiger partial charge in [0.05, 0.1) is 15.7 Å². The van der Waals surface area contributed by atoms with Crippen LogP contribution in [0.25, 0.3) is 5.65 Å². The monoisotopic (exact) mass is 285 g/mol. The molecule has 0 atom stereocenters. The van der Waals surface area contributed by atoms with E-state index < -0.39 is 0 Å². The quantitative estimate of drug-likeness (QED) is 0.885. The molecule has 0 saturated heterocycles. The summed E-state index contributed by atoms with van der Waals surface area (Å²) in [6, 6.07) is 1.71. The Bertz CT molecular complexity index is 582. The Morgan fingerprint density at radius 3 is 2.56 bits per heavy atom. The maximum Gasteiger partial charge on any atom is 0.157 e. The molecule has 5 heteroatoms. The first-order valence-electron chi connectivity index (χ1n) is 5.96. The van der Waals surface area contributed by atoms with Crippen molar-refractivity contribution in [2.45, 2.75) is 39.7 Å². The highest BCUT2D eigenvalue weighted by Gasteiger charge is 2.18. The topological polar surface area (TPSA) is 29.3 Å². The number of anilines is 1. The van der Waals surface area contributed by atoms with Crippen LogP contribution in [0.15, 0.2) is 12.3 Å². The minimum atomic E-state index is -0.0469. The highest BCUT2D eigenvalue weighted by atomic mass is 35.5. The average molecular weight is 286 g/mol. The fourth-order valence-electron chi connectivity index (χ4n) is 1.85. The molecule has 2 aromatic rings. The predicted molar refractivity (Wildman–Crippen MR) is 78.0 cm³/mol. The van der Waals surface area contributed by atoms with E-state index in [4.69, 9.17) is 23.2 Å². The van der Waals surface area contributed by atoms with Crippen molar-refractivity contribution < 1.29 is 0 Å². The van der Waals surface area contributed by atoms with Crippen LogP contribution in [0.2, 0.25) is 10.0 Å². The number of fused-ring (bicyclic) bond motifs is 1. The summed E-state index contributed by atoms with van der Waals surface area (Å²) in [5.74, 6) is 0.962. The lowest BCUT2D eigenvalue weighted by Gasteiger charge is -2.22. The Hall–Kier alpha value is -0.930. The van der Waals surface area contributed by atoms with Gasteiger partial charge in [-0.3, -0.25) is 4.40 Å². The third kappa shape index (κ3) is 2.57. The first-order chi connectivity index (χ1) is 8.31. The minimum Gasteiger partial charge on any atom is -0.365 e. The molecule has 1 N–H and O–H groups in total. The van der Waals surface area contributed by atoms with E-state index >= 15 is 0 Å². The molecular weight excluding hydrogens is 269 g/mol. The van der Waals surface area contributed by atoms with E-state index in [1.165, 1.54) is 0 Å². The number of hydrogen-bond acceptors (Lipinski definition) is 2. The van der Waals surface area contributed by atoms with E-state index in [-0.39, 0.29) is 5.54 Å². The Morgan fingerprint density at radius 1 is 1.33 bits per heavy atom. The van der Waals surface area contributed by atoms with E-state index in [1.807, 2.05) is 10.6 Å². The van der Waals surface area contributed by atoms with Crippen molar-refractivity contribution in [3.05, 3.63) is 28.0 Å². The van der Waals surface area contributed by atoms with E-state index in [0.717, 1.165) is 23.6 Å². The molecule has 0 aliphatic heterocycles. The molecule has 3 nitrogen and oxygen atoms in total. The van der Waals surface area contributed by atoms with Gasteiger partial charge in [-0.25, -0.2) is 4.98 Å². The van der Waals surface area contributed by atoms with Gasteiger partial charge < -0.3 is 5.32 Å². The van der Waals surface area contributed by atoms with Crippen molar-refractivity contribution in [1.29, 1.82) is 0 Å². The van der Waals surface area contributed by atoms with E-state index in [0.29, 0.717) is 10.0 Å². The number of aryl methyl sites for hydroxylation is 1. The molecule has 2 rings (SSSR count). The van der Waals surface area contributed by atoms with Crippen LogP contribution in [-0.2, 0) is 6.42 Å². The first kappa shape index (κ1) is 13.5. The van der Waals surface area contributed by atoms with Crippen LogP contribution in [0.4, 0.5) is 5.82 Å². The zero-order valence-electron chi connectivity index (χ0n) is 11.0. The summed E-state index contributed by atoms with van der Waals surface area (Å²) >= 11 is 12.2. The second kappa shape index (κ2) is 4.63. The normalized spacial score (nSPS) is 12.1. The summed E-state index contributed by atoms with van der Waals surface area (Å²) < 4.78 is 1.93. The van der Waals surface area contributed by atoms with Gasteiger partial charge in [0.15, 0.2) is 5.65 Å². The molecule has 0 saturated carbocycles. The number of aromatic nitrogens is 2. The number of hydrogen-bond donors (Lipinski definition) is 1. The average Bonchev–Trinajstić information content (AvgIpc) is 2.55. The van der Waals surface area contributed by atoms with Gasteiger partial charge in [-0.1, -0.05) is 30.1 Å². The van der Waals surface area contributed by atoms with Crippen molar-refractivity contribution >= 4 is 34.7 Å². The molecule has 0 aliphatic carbocycles. The van der Waals surface area contributed by atoms with Crippen LogP contribution in [0.5, 0.6) is 0 Å². The molecule has 0 amide bonds. The number of nitrogens with zero attached hydrogens (tertiary/aromatic N) is 2.